The van der Waals surface area contributed by atoms with E-state index in [4.69, 9.17) is 0 Å². The van der Waals surface area contributed by atoms with E-state index in [1.807, 2.05) is 48.5 Å². The van der Waals surface area contributed by atoms with Crippen LogP contribution >= 0.6 is 23.1 Å². The zero-order valence-electron chi connectivity index (χ0n) is 18.0. The summed E-state index contributed by atoms with van der Waals surface area (Å²) in [6.07, 6.45) is 2.83. The van der Waals surface area contributed by atoms with Gasteiger partial charge in [-0.2, -0.15) is 0 Å². The lowest BCUT2D eigenvalue weighted by Gasteiger charge is -2.14. The minimum absolute atomic E-state index is 0.210. The van der Waals surface area contributed by atoms with Gasteiger partial charge in [-0.05, 0) is 71.9 Å². The van der Waals surface area contributed by atoms with Gasteiger partial charge in [0.1, 0.15) is 11.6 Å². The van der Waals surface area contributed by atoms with E-state index in [1.165, 1.54) is 40.1 Å². The fourth-order valence-corrected chi connectivity index (χ4v) is 5.39. The molecule has 1 aliphatic rings. The number of carbonyl (C=O) groups is 2. The van der Waals surface area contributed by atoms with Gasteiger partial charge in [0.15, 0.2) is 5.17 Å². The highest BCUT2D eigenvalue weighted by Gasteiger charge is 2.35. The van der Waals surface area contributed by atoms with Crippen molar-refractivity contribution in [3.05, 3.63) is 106 Å². The number of carbonyl (C=O) groups excluding carboxylic acids is 1. The molecule has 1 amide bonds. The van der Waals surface area contributed by atoms with Crippen molar-refractivity contribution < 1.29 is 19.1 Å². The molecule has 0 aliphatic carbocycles. The number of anilines is 1. The second-order valence-electron chi connectivity index (χ2n) is 7.40. The molecule has 5 rings (SSSR count). The zero-order chi connectivity index (χ0) is 24.4. The first kappa shape index (κ1) is 22.7. The third kappa shape index (κ3) is 4.91. The van der Waals surface area contributed by atoms with Gasteiger partial charge in [-0.25, -0.2) is 24.1 Å². The molecular formula is C26H16FN3O3S2. The third-order valence-electron chi connectivity index (χ3n) is 5.02. The maximum atomic E-state index is 13.4. The highest BCUT2D eigenvalue weighted by molar-refractivity contribution is 8.19. The Hall–Kier alpha value is -4.08. The van der Waals surface area contributed by atoms with Crippen molar-refractivity contribution in [3.63, 3.8) is 0 Å². The number of hydrogen-bond donors (Lipinski definition) is 1. The van der Waals surface area contributed by atoms with Gasteiger partial charge in [-0.1, -0.05) is 30.3 Å². The number of aliphatic imine (C=N–C) groups is 1. The molecule has 1 aliphatic heterocycles. The molecule has 6 nitrogen and oxygen atoms in total. The molecule has 0 bridgehead atoms. The SMILES string of the molecule is O=C(O)c1cccc(-c2ccc(/C=C3\SC(=Nc4ccccc4)N(c4ccc(F)cn4)C3=O)s2)c1. The molecule has 35 heavy (non-hydrogen) atoms. The van der Waals surface area contributed by atoms with Gasteiger partial charge in [-0.3, -0.25) is 4.79 Å². The van der Waals surface area contributed by atoms with Gasteiger partial charge < -0.3 is 5.11 Å². The zero-order valence-corrected chi connectivity index (χ0v) is 19.6. The van der Waals surface area contributed by atoms with Gasteiger partial charge in [0.25, 0.3) is 5.91 Å². The van der Waals surface area contributed by atoms with Crippen LogP contribution in [0.4, 0.5) is 15.9 Å². The highest BCUT2D eigenvalue weighted by atomic mass is 32.2. The van der Waals surface area contributed by atoms with Crippen LogP contribution in [0.5, 0.6) is 0 Å². The van der Waals surface area contributed by atoms with E-state index in [9.17, 15) is 19.1 Å². The van der Waals surface area contributed by atoms with E-state index >= 15 is 0 Å². The molecule has 0 atom stereocenters. The number of amides is 1. The minimum Gasteiger partial charge on any atom is -0.478 e. The number of pyridine rings is 1. The lowest BCUT2D eigenvalue weighted by Crippen LogP contribution is -2.29. The standard InChI is InChI=1S/C26H16FN3O3S2/c27-18-9-12-23(28-15-18)30-24(31)22(35-26(30)29-19-7-2-1-3-8-19)14-20-10-11-21(34-20)16-5-4-6-17(13-16)25(32)33/h1-15H,(H,32,33)/b22-14-,29-26?. The van der Waals surface area contributed by atoms with Crippen LogP contribution in [0.3, 0.4) is 0 Å². The quantitative estimate of drug-likeness (QED) is 0.318. The molecular weight excluding hydrogens is 485 g/mol. The molecule has 0 saturated carbocycles. The molecule has 2 aromatic carbocycles. The number of para-hydroxylation sites is 1. The number of thiophene rings is 1. The summed E-state index contributed by atoms with van der Waals surface area (Å²) in [4.78, 5) is 36.9. The van der Waals surface area contributed by atoms with E-state index in [0.717, 1.165) is 21.5 Å². The van der Waals surface area contributed by atoms with Crippen LogP contribution in [0.15, 0.2) is 95.0 Å². The van der Waals surface area contributed by atoms with Crippen LogP contribution < -0.4 is 4.90 Å². The van der Waals surface area contributed by atoms with Crippen molar-refractivity contribution in [2.45, 2.75) is 0 Å². The molecule has 0 radical (unpaired) electrons. The van der Waals surface area contributed by atoms with Gasteiger partial charge >= 0.3 is 5.97 Å². The molecule has 0 spiro atoms. The van der Waals surface area contributed by atoms with Gasteiger partial charge in [0.2, 0.25) is 0 Å². The summed E-state index contributed by atoms with van der Waals surface area (Å²) in [6.45, 7) is 0. The van der Waals surface area contributed by atoms with Gasteiger partial charge in [0, 0.05) is 9.75 Å². The van der Waals surface area contributed by atoms with E-state index in [2.05, 4.69) is 9.98 Å². The third-order valence-corrected chi connectivity index (χ3v) is 7.07. The van der Waals surface area contributed by atoms with Crippen molar-refractivity contribution >= 4 is 57.7 Å². The molecule has 1 saturated heterocycles. The monoisotopic (exact) mass is 501 g/mol. The predicted octanol–water partition coefficient (Wildman–Crippen LogP) is 6.46. The minimum atomic E-state index is -0.988. The van der Waals surface area contributed by atoms with Crippen LogP contribution in [0.2, 0.25) is 0 Å². The summed E-state index contributed by atoms with van der Waals surface area (Å²) in [6, 6.07) is 22.4. The normalized spacial score (nSPS) is 15.8. The van der Waals surface area contributed by atoms with E-state index in [0.29, 0.717) is 15.8 Å². The van der Waals surface area contributed by atoms with Gasteiger partial charge in [0.05, 0.1) is 22.4 Å². The van der Waals surface area contributed by atoms with Crippen LogP contribution in [-0.2, 0) is 4.79 Å². The molecule has 3 heterocycles. The Bertz CT molecular complexity index is 1480. The Kier molecular flexibility index (Phi) is 6.26. The number of rotatable bonds is 5. The summed E-state index contributed by atoms with van der Waals surface area (Å²) in [5, 5.41) is 9.67. The number of amidine groups is 1. The van der Waals surface area contributed by atoms with Crippen molar-refractivity contribution in [1.82, 2.24) is 4.98 Å². The Morgan fingerprint density at radius 3 is 2.60 bits per heavy atom. The predicted molar refractivity (Wildman–Crippen MR) is 138 cm³/mol. The Balaban J connectivity index is 1.49. The number of carboxylic acids is 1. The highest BCUT2D eigenvalue weighted by Crippen LogP contribution is 2.38. The molecule has 1 N–H and O–H groups in total. The number of thioether (sulfide) groups is 1. The van der Waals surface area contributed by atoms with Crippen LogP contribution in [0, 0.1) is 5.82 Å². The Morgan fingerprint density at radius 2 is 1.86 bits per heavy atom. The van der Waals surface area contributed by atoms with E-state index in [1.54, 1.807) is 24.3 Å². The second-order valence-corrected chi connectivity index (χ2v) is 9.53. The Morgan fingerprint density at radius 1 is 1.03 bits per heavy atom. The summed E-state index contributed by atoms with van der Waals surface area (Å²) < 4.78 is 13.4. The summed E-state index contributed by atoms with van der Waals surface area (Å²) in [7, 11) is 0. The average molecular weight is 502 g/mol. The number of aromatic nitrogens is 1. The fourth-order valence-electron chi connectivity index (χ4n) is 3.38. The summed E-state index contributed by atoms with van der Waals surface area (Å²) >= 11 is 2.65. The maximum Gasteiger partial charge on any atom is 0.335 e. The van der Waals surface area contributed by atoms with Crippen LogP contribution in [0.25, 0.3) is 16.5 Å². The lowest BCUT2D eigenvalue weighted by molar-refractivity contribution is -0.113. The van der Waals surface area contributed by atoms with Crippen molar-refractivity contribution in [2.24, 2.45) is 4.99 Å². The van der Waals surface area contributed by atoms with Crippen LogP contribution in [0.1, 0.15) is 15.2 Å². The van der Waals surface area contributed by atoms with E-state index in [-0.39, 0.29) is 17.3 Å². The molecule has 172 valence electrons. The number of halogens is 1. The number of benzene rings is 2. The Labute approximate surface area is 208 Å². The van der Waals surface area contributed by atoms with Crippen LogP contribution in [-0.4, -0.2) is 27.1 Å². The topological polar surface area (TPSA) is 82.9 Å². The number of carboxylic acid groups (broad SMARTS) is 1. The molecule has 2 aromatic heterocycles. The molecule has 9 heteroatoms. The largest absolute Gasteiger partial charge is 0.478 e. The molecule has 0 unspecified atom stereocenters. The summed E-state index contributed by atoms with van der Waals surface area (Å²) in [5.41, 5.74) is 1.67. The van der Waals surface area contributed by atoms with Crippen molar-refractivity contribution in [2.75, 3.05) is 4.90 Å². The first-order chi connectivity index (χ1) is 17.0. The first-order valence-electron chi connectivity index (χ1n) is 10.4. The average Bonchev–Trinajstić information content (AvgIpc) is 3.45. The summed E-state index contributed by atoms with van der Waals surface area (Å²) in [5.74, 6) is -1.52. The molecule has 1 fully saturated rings. The van der Waals surface area contributed by atoms with Gasteiger partial charge in [-0.15, -0.1) is 11.3 Å². The molecule has 4 aromatic rings. The maximum absolute atomic E-state index is 13.4. The van der Waals surface area contributed by atoms with E-state index < -0.39 is 11.8 Å². The number of nitrogens with zero attached hydrogens (tertiary/aromatic N) is 3. The van der Waals surface area contributed by atoms with Crippen molar-refractivity contribution in [3.8, 4) is 10.4 Å². The van der Waals surface area contributed by atoms with Crippen molar-refractivity contribution in [1.29, 1.82) is 0 Å². The second kappa shape index (κ2) is 9.65. The fraction of sp³-hybridized carbons (Fsp3) is 0. The smallest absolute Gasteiger partial charge is 0.335 e. The number of aromatic carboxylic acids is 1. The lowest BCUT2D eigenvalue weighted by atomic mass is 10.1. The first-order valence-corrected chi connectivity index (χ1v) is 12.0. The number of hydrogen-bond acceptors (Lipinski definition) is 6.